The Balaban J connectivity index is 2.00. The van der Waals surface area contributed by atoms with Crippen LogP contribution in [0.4, 0.5) is 11.4 Å². The van der Waals surface area contributed by atoms with Crippen LogP contribution in [-0.4, -0.2) is 48.1 Å². The third kappa shape index (κ3) is 3.10. The van der Waals surface area contributed by atoms with Crippen molar-refractivity contribution in [2.45, 2.75) is 6.42 Å². The van der Waals surface area contributed by atoms with Crippen LogP contribution in [0.1, 0.15) is 6.42 Å². The lowest BCUT2D eigenvalue weighted by atomic mass is 10.2. The predicted octanol–water partition coefficient (Wildman–Crippen LogP) is 1.26. The number of alkyl halides is 1. The maximum Gasteiger partial charge on any atom is 0.323 e. The van der Waals surface area contributed by atoms with Gasteiger partial charge < -0.3 is 24.9 Å². The maximum absolute atomic E-state index is 11.9. The van der Waals surface area contributed by atoms with Gasteiger partial charge in [-0.3, -0.25) is 4.79 Å². The normalized spacial score (nSPS) is 15.2. The Labute approximate surface area is 131 Å². The van der Waals surface area contributed by atoms with Gasteiger partial charge in [-0.25, -0.2) is 4.79 Å². The zero-order valence-electron chi connectivity index (χ0n) is 11.9. The fourth-order valence-electron chi connectivity index (χ4n) is 2.54. The van der Waals surface area contributed by atoms with E-state index in [1.54, 1.807) is 6.07 Å². The van der Waals surface area contributed by atoms with Crippen LogP contribution in [0.15, 0.2) is 16.9 Å². The van der Waals surface area contributed by atoms with Gasteiger partial charge in [-0.1, -0.05) is 0 Å². The number of imidazole rings is 1. The molecule has 1 aromatic heterocycles. The molecule has 8 heteroatoms. The number of aromatic nitrogens is 2. The number of aromatic amines is 2. The molecule has 1 saturated heterocycles. The molecule has 118 valence electrons. The number of benzene rings is 1. The molecule has 0 spiro atoms. The first-order chi connectivity index (χ1) is 10.7. The maximum atomic E-state index is 11.9. The van der Waals surface area contributed by atoms with Gasteiger partial charge in [0.25, 0.3) is 0 Å². The van der Waals surface area contributed by atoms with Gasteiger partial charge >= 0.3 is 5.69 Å². The van der Waals surface area contributed by atoms with Gasteiger partial charge in [0.2, 0.25) is 5.91 Å². The smallest absolute Gasteiger partial charge is 0.323 e. The third-order valence-electron chi connectivity index (χ3n) is 3.58. The minimum atomic E-state index is -0.271. The Morgan fingerprint density at radius 3 is 2.64 bits per heavy atom. The van der Waals surface area contributed by atoms with Crippen molar-refractivity contribution in [1.29, 1.82) is 0 Å². The molecule has 0 radical (unpaired) electrons. The number of halogens is 1. The van der Waals surface area contributed by atoms with Crippen molar-refractivity contribution in [1.82, 2.24) is 9.97 Å². The highest BCUT2D eigenvalue weighted by molar-refractivity contribution is 6.19. The number of hydrogen-bond acceptors (Lipinski definition) is 4. The van der Waals surface area contributed by atoms with Gasteiger partial charge in [0.15, 0.2) is 0 Å². The van der Waals surface area contributed by atoms with Gasteiger partial charge in [0.05, 0.1) is 35.6 Å². The molecule has 2 aromatic rings. The van der Waals surface area contributed by atoms with Crippen LogP contribution < -0.4 is 15.9 Å². The number of nitrogens with one attached hydrogen (secondary N) is 3. The number of ether oxygens (including phenoxy) is 1. The molecule has 0 saturated carbocycles. The standard InChI is InChI=1S/C14H17ClN4O3/c15-2-1-13(20)16-11-7-9-10(18-14(21)17-9)8-12(11)19-3-5-22-6-4-19/h7-8H,1-6H2,(H,16,20)(H2,17,18,21). The fourth-order valence-corrected chi connectivity index (χ4v) is 2.71. The summed E-state index contributed by atoms with van der Waals surface area (Å²) in [5, 5.41) is 2.87. The van der Waals surface area contributed by atoms with E-state index in [0.717, 1.165) is 18.8 Å². The molecule has 0 bridgehead atoms. The summed E-state index contributed by atoms with van der Waals surface area (Å²) in [6.07, 6.45) is 0.242. The summed E-state index contributed by atoms with van der Waals surface area (Å²) in [5.74, 6) is 0.115. The summed E-state index contributed by atoms with van der Waals surface area (Å²) in [6.45, 7) is 2.74. The molecule has 22 heavy (non-hydrogen) atoms. The number of carbonyl (C=O) groups excluding carboxylic acids is 1. The molecular formula is C14H17ClN4O3. The minimum absolute atomic E-state index is 0.151. The molecule has 2 heterocycles. The van der Waals surface area contributed by atoms with Crippen LogP contribution >= 0.6 is 11.6 Å². The van der Waals surface area contributed by atoms with Crippen molar-refractivity contribution in [3.05, 3.63) is 22.6 Å². The number of hydrogen-bond donors (Lipinski definition) is 3. The monoisotopic (exact) mass is 324 g/mol. The van der Waals surface area contributed by atoms with Gasteiger partial charge in [-0.15, -0.1) is 11.6 Å². The summed E-state index contributed by atoms with van der Waals surface area (Å²) >= 11 is 5.61. The van der Waals surface area contributed by atoms with E-state index >= 15 is 0 Å². The van der Waals surface area contributed by atoms with Gasteiger partial charge in [0, 0.05) is 25.4 Å². The molecule has 0 aliphatic carbocycles. The quantitative estimate of drug-likeness (QED) is 0.739. The Morgan fingerprint density at radius 1 is 1.27 bits per heavy atom. The van der Waals surface area contributed by atoms with Crippen LogP contribution in [0.3, 0.4) is 0 Å². The van der Waals surface area contributed by atoms with Crippen molar-refractivity contribution in [2.24, 2.45) is 0 Å². The lowest BCUT2D eigenvalue weighted by Gasteiger charge is -2.30. The van der Waals surface area contributed by atoms with Crippen LogP contribution in [0.5, 0.6) is 0 Å². The van der Waals surface area contributed by atoms with E-state index in [-0.39, 0.29) is 23.9 Å². The van der Waals surface area contributed by atoms with Crippen molar-refractivity contribution in [3.8, 4) is 0 Å². The molecule has 0 unspecified atom stereocenters. The lowest BCUT2D eigenvalue weighted by molar-refractivity contribution is -0.115. The average molecular weight is 325 g/mol. The van der Waals surface area contributed by atoms with Crippen LogP contribution in [0.25, 0.3) is 11.0 Å². The number of amides is 1. The van der Waals surface area contributed by atoms with Crippen molar-refractivity contribution in [2.75, 3.05) is 42.4 Å². The second-order valence-corrected chi connectivity index (χ2v) is 5.46. The van der Waals surface area contributed by atoms with E-state index in [9.17, 15) is 9.59 Å². The fraction of sp³-hybridized carbons (Fsp3) is 0.429. The number of H-pyrrole nitrogens is 2. The highest BCUT2D eigenvalue weighted by Gasteiger charge is 2.18. The first-order valence-corrected chi connectivity index (χ1v) is 7.65. The lowest BCUT2D eigenvalue weighted by Crippen LogP contribution is -2.36. The summed E-state index contributed by atoms with van der Waals surface area (Å²) in [6, 6.07) is 3.64. The van der Waals surface area contributed by atoms with Crippen LogP contribution in [0.2, 0.25) is 0 Å². The molecule has 1 aromatic carbocycles. The van der Waals surface area contributed by atoms with Gasteiger partial charge in [0.1, 0.15) is 0 Å². The van der Waals surface area contributed by atoms with Gasteiger partial charge in [-0.2, -0.15) is 0 Å². The second kappa shape index (κ2) is 6.41. The second-order valence-electron chi connectivity index (χ2n) is 5.08. The van der Waals surface area contributed by atoms with E-state index < -0.39 is 0 Å². The predicted molar refractivity (Wildman–Crippen MR) is 85.9 cm³/mol. The summed E-state index contributed by atoms with van der Waals surface area (Å²) < 4.78 is 5.36. The van der Waals surface area contributed by atoms with Crippen molar-refractivity contribution < 1.29 is 9.53 Å². The largest absolute Gasteiger partial charge is 0.378 e. The van der Waals surface area contributed by atoms with E-state index in [1.807, 2.05) is 6.07 Å². The highest BCUT2D eigenvalue weighted by Crippen LogP contribution is 2.30. The number of fused-ring (bicyclic) bond motifs is 1. The first-order valence-electron chi connectivity index (χ1n) is 7.12. The SMILES string of the molecule is O=C(CCCl)Nc1cc2[nH]c(=O)[nH]c2cc1N1CCOCC1. The Hall–Kier alpha value is -1.99. The molecule has 7 nitrogen and oxygen atoms in total. The Kier molecular flexibility index (Phi) is 4.35. The first kappa shape index (κ1) is 14.9. The van der Waals surface area contributed by atoms with Crippen LogP contribution in [-0.2, 0) is 9.53 Å². The zero-order chi connectivity index (χ0) is 15.5. The molecule has 3 N–H and O–H groups in total. The molecule has 3 rings (SSSR count). The molecule has 1 amide bonds. The van der Waals surface area contributed by atoms with E-state index in [0.29, 0.717) is 29.9 Å². The average Bonchev–Trinajstić information content (AvgIpc) is 2.86. The van der Waals surface area contributed by atoms with E-state index in [2.05, 4.69) is 20.2 Å². The zero-order valence-corrected chi connectivity index (χ0v) is 12.7. The number of carbonyl (C=O) groups is 1. The minimum Gasteiger partial charge on any atom is -0.378 e. The molecule has 1 aliphatic rings. The third-order valence-corrected chi connectivity index (χ3v) is 3.77. The molecular weight excluding hydrogens is 308 g/mol. The topological polar surface area (TPSA) is 90.2 Å². The number of rotatable bonds is 4. The molecule has 1 aliphatic heterocycles. The van der Waals surface area contributed by atoms with Crippen molar-refractivity contribution >= 4 is 39.9 Å². The summed E-state index contributed by atoms with van der Waals surface area (Å²) in [5.41, 5.74) is 2.63. The summed E-state index contributed by atoms with van der Waals surface area (Å²) in [7, 11) is 0. The molecule has 0 atom stereocenters. The number of nitrogens with zero attached hydrogens (tertiary/aromatic N) is 1. The van der Waals surface area contributed by atoms with Crippen LogP contribution in [0, 0.1) is 0 Å². The van der Waals surface area contributed by atoms with E-state index in [1.165, 1.54) is 0 Å². The van der Waals surface area contributed by atoms with Crippen molar-refractivity contribution in [3.63, 3.8) is 0 Å². The highest BCUT2D eigenvalue weighted by atomic mass is 35.5. The van der Waals surface area contributed by atoms with Gasteiger partial charge in [-0.05, 0) is 12.1 Å². The number of anilines is 2. The Morgan fingerprint density at radius 2 is 1.95 bits per heavy atom. The number of morpholine rings is 1. The Bertz CT molecular complexity index is 733. The summed E-state index contributed by atoms with van der Waals surface area (Å²) in [4.78, 5) is 30.9. The molecule has 1 fully saturated rings. The van der Waals surface area contributed by atoms with E-state index in [4.69, 9.17) is 16.3 Å².